The molecule has 2 rings (SSSR count). The lowest BCUT2D eigenvalue weighted by molar-refractivity contribution is 0.204. The molecule has 1 aromatic rings. The van der Waals surface area contributed by atoms with Crippen LogP contribution in [-0.2, 0) is 0 Å². The van der Waals surface area contributed by atoms with E-state index in [9.17, 15) is 9.65 Å². The first-order valence-corrected chi connectivity index (χ1v) is 5.42. The number of rotatable bonds is 2. The zero-order chi connectivity index (χ0) is 11.4. The summed E-state index contributed by atoms with van der Waals surface area (Å²) in [6, 6.07) is 8.22. The third kappa shape index (κ3) is 2.21. The highest BCUT2D eigenvalue weighted by molar-refractivity contribution is 5.26. The molecule has 1 N–H and O–H groups in total. The molecule has 0 amide bonds. The van der Waals surface area contributed by atoms with Gasteiger partial charge in [-0.25, -0.2) is 4.39 Å². The van der Waals surface area contributed by atoms with Crippen molar-refractivity contribution < 1.29 is 4.39 Å². The molecule has 84 valence electrons. The number of hydrogen-bond donors (Lipinski definition) is 1. The Morgan fingerprint density at radius 3 is 2.62 bits per heavy atom. The molecular weight excluding hydrogens is 205 g/mol. The highest BCUT2D eigenvalue weighted by Gasteiger charge is 2.23. The van der Waals surface area contributed by atoms with Crippen LogP contribution in [0.3, 0.4) is 0 Å². The minimum absolute atomic E-state index is 0.299. The van der Waals surface area contributed by atoms with Gasteiger partial charge in [0.25, 0.3) is 0 Å². The van der Waals surface area contributed by atoms with E-state index >= 15 is 0 Å². The first-order chi connectivity index (χ1) is 7.83. The van der Waals surface area contributed by atoms with Gasteiger partial charge in [0.2, 0.25) is 0 Å². The average molecular weight is 219 g/mol. The molecule has 1 fully saturated rings. The van der Waals surface area contributed by atoms with Crippen molar-refractivity contribution in [1.82, 2.24) is 10.2 Å². The van der Waals surface area contributed by atoms with Gasteiger partial charge in [-0.05, 0) is 6.07 Å². The molecule has 4 heteroatoms. The molecule has 16 heavy (non-hydrogen) atoms. The van der Waals surface area contributed by atoms with Crippen LogP contribution in [0.5, 0.6) is 0 Å². The number of benzene rings is 1. The van der Waals surface area contributed by atoms with Crippen molar-refractivity contribution in [1.29, 1.82) is 5.26 Å². The number of hydrogen-bond acceptors (Lipinski definition) is 3. The van der Waals surface area contributed by atoms with Gasteiger partial charge in [0.05, 0.1) is 6.07 Å². The standard InChI is InChI=1S/C12H14FN3/c13-11-4-2-1-3-10(11)12(9-14)16-7-5-15-6-8-16/h1-4,12,15H,5-8H2. The maximum atomic E-state index is 13.6. The summed E-state index contributed by atoms with van der Waals surface area (Å²) in [5, 5.41) is 12.4. The third-order valence-corrected chi connectivity index (χ3v) is 2.84. The molecule has 0 radical (unpaired) electrons. The quantitative estimate of drug-likeness (QED) is 0.814. The summed E-state index contributed by atoms with van der Waals surface area (Å²) in [6.45, 7) is 3.28. The molecule has 1 unspecified atom stereocenters. The van der Waals surface area contributed by atoms with E-state index in [4.69, 9.17) is 0 Å². The summed E-state index contributed by atoms with van der Waals surface area (Å²) in [7, 11) is 0. The molecule has 1 saturated heterocycles. The van der Waals surface area contributed by atoms with E-state index in [-0.39, 0.29) is 5.82 Å². The minimum atomic E-state index is -0.469. The maximum absolute atomic E-state index is 13.6. The molecule has 1 heterocycles. The van der Waals surface area contributed by atoms with Crippen LogP contribution in [0.2, 0.25) is 0 Å². The van der Waals surface area contributed by atoms with Gasteiger partial charge < -0.3 is 5.32 Å². The summed E-state index contributed by atoms with van der Waals surface area (Å²) < 4.78 is 13.6. The van der Waals surface area contributed by atoms with Crippen LogP contribution in [0.25, 0.3) is 0 Å². The fraction of sp³-hybridized carbons (Fsp3) is 0.417. The van der Waals surface area contributed by atoms with E-state index in [1.807, 2.05) is 4.90 Å². The summed E-state index contributed by atoms with van der Waals surface area (Å²) in [4.78, 5) is 2.01. The molecule has 1 aromatic carbocycles. The zero-order valence-corrected chi connectivity index (χ0v) is 8.99. The average Bonchev–Trinajstić information content (AvgIpc) is 2.34. The second-order valence-corrected chi connectivity index (χ2v) is 3.84. The minimum Gasteiger partial charge on any atom is -0.314 e. The summed E-state index contributed by atoms with van der Waals surface area (Å²) >= 11 is 0. The predicted molar refractivity (Wildman–Crippen MR) is 59.2 cm³/mol. The Morgan fingerprint density at radius 2 is 2.00 bits per heavy atom. The van der Waals surface area contributed by atoms with Crippen LogP contribution in [0, 0.1) is 17.1 Å². The fourth-order valence-electron chi connectivity index (χ4n) is 1.99. The molecular formula is C12H14FN3. The molecule has 1 atom stereocenters. The van der Waals surface area contributed by atoms with Gasteiger partial charge in [-0.3, -0.25) is 4.90 Å². The predicted octanol–water partition coefficient (Wildman–Crippen LogP) is 1.30. The van der Waals surface area contributed by atoms with Gasteiger partial charge in [-0.1, -0.05) is 18.2 Å². The molecule has 1 aliphatic rings. The van der Waals surface area contributed by atoms with Crippen molar-refractivity contribution in [3.63, 3.8) is 0 Å². The van der Waals surface area contributed by atoms with Gasteiger partial charge >= 0.3 is 0 Å². The smallest absolute Gasteiger partial charge is 0.129 e. The molecule has 1 aliphatic heterocycles. The van der Waals surface area contributed by atoms with Crippen LogP contribution in [-0.4, -0.2) is 31.1 Å². The van der Waals surface area contributed by atoms with Crippen molar-refractivity contribution in [3.05, 3.63) is 35.6 Å². The molecule has 0 bridgehead atoms. The van der Waals surface area contributed by atoms with Crippen LogP contribution >= 0.6 is 0 Å². The number of nitrogens with zero attached hydrogens (tertiary/aromatic N) is 2. The van der Waals surface area contributed by atoms with E-state index < -0.39 is 6.04 Å². The highest BCUT2D eigenvalue weighted by Crippen LogP contribution is 2.22. The first-order valence-electron chi connectivity index (χ1n) is 5.42. The fourth-order valence-corrected chi connectivity index (χ4v) is 1.99. The Hall–Kier alpha value is -1.44. The summed E-state index contributed by atoms with van der Waals surface area (Å²) in [5.74, 6) is -0.299. The Kier molecular flexibility index (Phi) is 3.50. The Labute approximate surface area is 94.5 Å². The summed E-state index contributed by atoms with van der Waals surface area (Å²) in [6.07, 6.45) is 0. The zero-order valence-electron chi connectivity index (χ0n) is 8.99. The Morgan fingerprint density at radius 1 is 1.31 bits per heavy atom. The third-order valence-electron chi connectivity index (χ3n) is 2.84. The van der Waals surface area contributed by atoms with Crippen molar-refractivity contribution in [2.75, 3.05) is 26.2 Å². The van der Waals surface area contributed by atoms with E-state index in [1.54, 1.807) is 18.2 Å². The van der Waals surface area contributed by atoms with Crippen LogP contribution in [0.4, 0.5) is 4.39 Å². The lowest BCUT2D eigenvalue weighted by atomic mass is 10.1. The molecule has 3 nitrogen and oxygen atoms in total. The second kappa shape index (κ2) is 5.06. The summed E-state index contributed by atoms with van der Waals surface area (Å²) in [5.41, 5.74) is 0.479. The molecule has 0 aliphatic carbocycles. The van der Waals surface area contributed by atoms with E-state index in [0.717, 1.165) is 26.2 Å². The lowest BCUT2D eigenvalue weighted by Gasteiger charge is -2.31. The second-order valence-electron chi connectivity index (χ2n) is 3.84. The number of nitrogens with one attached hydrogen (secondary N) is 1. The number of halogens is 1. The van der Waals surface area contributed by atoms with Crippen molar-refractivity contribution in [2.45, 2.75) is 6.04 Å². The van der Waals surface area contributed by atoms with Gasteiger partial charge in [0.1, 0.15) is 11.9 Å². The van der Waals surface area contributed by atoms with Crippen LogP contribution in [0.15, 0.2) is 24.3 Å². The van der Waals surface area contributed by atoms with Gasteiger partial charge in [-0.2, -0.15) is 5.26 Å². The maximum Gasteiger partial charge on any atom is 0.129 e. The van der Waals surface area contributed by atoms with E-state index in [2.05, 4.69) is 11.4 Å². The monoisotopic (exact) mass is 219 g/mol. The molecule has 0 aromatic heterocycles. The SMILES string of the molecule is N#CC(c1ccccc1F)N1CCNCC1. The van der Waals surface area contributed by atoms with Gasteiger partial charge in [0.15, 0.2) is 0 Å². The van der Waals surface area contributed by atoms with Crippen molar-refractivity contribution >= 4 is 0 Å². The Bertz CT molecular complexity index is 393. The number of piperazine rings is 1. The largest absolute Gasteiger partial charge is 0.314 e. The molecule has 0 saturated carbocycles. The topological polar surface area (TPSA) is 39.1 Å². The van der Waals surface area contributed by atoms with Gasteiger partial charge in [-0.15, -0.1) is 0 Å². The number of nitriles is 1. The normalized spacial score (nSPS) is 19.0. The highest BCUT2D eigenvalue weighted by atomic mass is 19.1. The van der Waals surface area contributed by atoms with Crippen molar-refractivity contribution in [3.8, 4) is 6.07 Å². The van der Waals surface area contributed by atoms with Gasteiger partial charge in [0, 0.05) is 31.7 Å². The van der Waals surface area contributed by atoms with E-state index in [1.165, 1.54) is 6.07 Å². The lowest BCUT2D eigenvalue weighted by Crippen LogP contribution is -2.45. The van der Waals surface area contributed by atoms with Crippen LogP contribution < -0.4 is 5.32 Å². The molecule has 0 spiro atoms. The van der Waals surface area contributed by atoms with E-state index in [0.29, 0.717) is 5.56 Å². The first kappa shape index (κ1) is 11.1. The Balaban J connectivity index is 2.22. The van der Waals surface area contributed by atoms with Crippen molar-refractivity contribution in [2.24, 2.45) is 0 Å². The van der Waals surface area contributed by atoms with Crippen LogP contribution in [0.1, 0.15) is 11.6 Å².